The van der Waals surface area contributed by atoms with Crippen LogP contribution in [0.5, 0.6) is 0 Å². The summed E-state index contributed by atoms with van der Waals surface area (Å²) in [5.41, 5.74) is 0.397. The van der Waals surface area contributed by atoms with Crippen LogP contribution < -0.4 is 5.32 Å². The highest BCUT2D eigenvalue weighted by atomic mass is 32.1. The van der Waals surface area contributed by atoms with E-state index in [1.165, 1.54) is 11.3 Å². The van der Waals surface area contributed by atoms with Crippen LogP contribution in [0.3, 0.4) is 0 Å². The van der Waals surface area contributed by atoms with Crippen LogP contribution >= 0.6 is 11.3 Å². The van der Waals surface area contributed by atoms with E-state index in [0.717, 1.165) is 4.90 Å². The molecule has 0 fully saturated rings. The van der Waals surface area contributed by atoms with Crippen LogP contribution in [0.25, 0.3) is 0 Å². The maximum atomic E-state index is 12.3. The summed E-state index contributed by atoms with van der Waals surface area (Å²) in [5, 5.41) is 11.0. The van der Waals surface area contributed by atoms with Gasteiger partial charge in [-0.25, -0.2) is 4.79 Å². The van der Waals surface area contributed by atoms with Gasteiger partial charge in [-0.1, -0.05) is 29.6 Å². The van der Waals surface area contributed by atoms with E-state index in [2.05, 4.69) is 20.5 Å². The van der Waals surface area contributed by atoms with Gasteiger partial charge >= 0.3 is 6.03 Å². The first kappa shape index (κ1) is 14.3. The number of carbonyl (C=O) groups is 3. The van der Waals surface area contributed by atoms with E-state index in [0.29, 0.717) is 15.9 Å². The predicted octanol–water partition coefficient (Wildman–Crippen LogP) is 0.930. The largest absolute Gasteiger partial charge is 0.351 e. The highest BCUT2D eigenvalue weighted by Crippen LogP contribution is 2.20. The van der Waals surface area contributed by atoms with Gasteiger partial charge in [-0.2, -0.15) is 4.99 Å². The molecule has 2 heterocycles. The Bertz CT molecular complexity index is 749. The molecule has 1 aliphatic carbocycles. The zero-order chi connectivity index (χ0) is 15.7. The van der Waals surface area contributed by atoms with Gasteiger partial charge in [-0.05, 0) is 13.0 Å². The minimum Gasteiger partial charge on any atom is -0.299 e. The number of allylic oxidation sites excluding steroid dienone is 3. The van der Waals surface area contributed by atoms with Crippen LogP contribution in [0.2, 0.25) is 0 Å². The predicted molar refractivity (Wildman–Crippen MR) is 79.6 cm³/mol. The quantitative estimate of drug-likeness (QED) is 0.893. The monoisotopic (exact) mass is 317 g/mol. The summed E-state index contributed by atoms with van der Waals surface area (Å²) in [6.45, 7) is 1.35. The van der Waals surface area contributed by atoms with E-state index < -0.39 is 30.3 Å². The van der Waals surface area contributed by atoms with Gasteiger partial charge in [0.15, 0.2) is 0 Å². The molecule has 1 aromatic heterocycles. The van der Waals surface area contributed by atoms with E-state index >= 15 is 0 Å². The number of urea groups is 1. The molecule has 0 spiro atoms. The van der Waals surface area contributed by atoms with E-state index in [-0.39, 0.29) is 0 Å². The Balaban J connectivity index is 1.72. The first-order valence-electron chi connectivity index (χ1n) is 6.43. The summed E-state index contributed by atoms with van der Waals surface area (Å²) < 4.78 is 0. The smallest absolute Gasteiger partial charge is 0.299 e. The third-order valence-electron chi connectivity index (χ3n) is 3.06. The summed E-state index contributed by atoms with van der Waals surface area (Å²) in [6.07, 6.45) is 6.67. The molecule has 8 nitrogen and oxygen atoms in total. The van der Waals surface area contributed by atoms with Crippen molar-refractivity contribution in [3.63, 3.8) is 0 Å². The number of aryl methyl sites for hydroxylation is 1. The summed E-state index contributed by atoms with van der Waals surface area (Å²) in [7, 11) is 0. The third kappa shape index (κ3) is 2.70. The average molecular weight is 317 g/mol. The molecule has 2 aliphatic rings. The van der Waals surface area contributed by atoms with Crippen molar-refractivity contribution in [3.05, 3.63) is 29.3 Å². The van der Waals surface area contributed by atoms with Crippen molar-refractivity contribution in [1.82, 2.24) is 15.1 Å². The minimum atomic E-state index is -0.736. The van der Waals surface area contributed by atoms with E-state index in [9.17, 15) is 14.4 Å². The van der Waals surface area contributed by atoms with Crippen molar-refractivity contribution in [1.29, 1.82) is 0 Å². The fraction of sp³-hybridized carbons (Fsp3) is 0.231. The summed E-state index contributed by atoms with van der Waals surface area (Å²) >= 11 is 1.21. The number of fused-ring (bicyclic) bond motifs is 1. The molecule has 1 aromatic rings. The number of nitrogens with one attached hydrogen (secondary N) is 1. The normalized spacial score (nSPS) is 20.0. The molecule has 1 unspecified atom stereocenters. The highest BCUT2D eigenvalue weighted by Gasteiger charge is 2.36. The summed E-state index contributed by atoms with van der Waals surface area (Å²) in [4.78, 5) is 40.8. The van der Waals surface area contributed by atoms with Crippen LogP contribution in [0.15, 0.2) is 29.3 Å². The molecule has 1 atom stereocenters. The Labute approximate surface area is 129 Å². The number of aromatic nitrogens is 2. The molecule has 0 radical (unpaired) electrons. The molecule has 0 bridgehead atoms. The molecule has 3 rings (SSSR count). The second kappa shape index (κ2) is 5.60. The lowest BCUT2D eigenvalue weighted by Gasteiger charge is -2.27. The first-order valence-corrected chi connectivity index (χ1v) is 7.25. The lowest BCUT2D eigenvalue weighted by Crippen LogP contribution is -2.48. The molecule has 0 saturated heterocycles. The molecule has 1 N–H and O–H groups in total. The Kier molecular flexibility index (Phi) is 3.63. The summed E-state index contributed by atoms with van der Waals surface area (Å²) in [5.74, 6) is -1.59. The SMILES string of the molecule is Cc1nnc(NC(=O)CN2C(=O)N=C3C=CC=CC3C2=O)s1. The van der Waals surface area contributed by atoms with E-state index in [1.54, 1.807) is 31.2 Å². The fourth-order valence-corrected chi connectivity index (χ4v) is 2.68. The molecule has 4 amide bonds. The highest BCUT2D eigenvalue weighted by molar-refractivity contribution is 7.15. The van der Waals surface area contributed by atoms with Crippen molar-refractivity contribution in [3.8, 4) is 0 Å². The van der Waals surface area contributed by atoms with Crippen molar-refractivity contribution < 1.29 is 14.4 Å². The van der Waals surface area contributed by atoms with Gasteiger partial charge in [0.1, 0.15) is 11.6 Å². The van der Waals surface area contributed by atoms with Gasteiger partial charge < -0.3 is 0 Å². The number of amides is 4. The third-order valence-corrected chi connectivity index (χ3v) is 3.82. The van der Waals surface area contributed by atoms with Crippen molar-refractivity contribution in [2.75, 3.05) is 11.9 Å². The van der Waals surface area contributed by atoms with E-state index in [4.69, 9.17) is 0 Å². The number of carbonyl (C=O) groups excluding carboxylic acids is 3. The maximum absolute atomic E-state index is 12.3. The minimum absolute atomic E-state index is 0.323. The fourth-order valence-electron chi connectivity index (χ4n) is 2.08. The Morgan fingerprint density at radius 2 is 2.18 bits per heavy atom. The second-order valence-electron chi connectivity index (χ2n) is 4.64. The molecular weight excluding hydrogens is 306 g/mol. The van der Waals surface area contributed by atoms with Crippen molar-refractivity contribution in [2.24, 2.45) is 10.9 Å². The average Bonchev–Trinajstić information content (AvgIpc) is 2.88. The van der Waals surface area contributed by atoms with Crippen molar-refractivity contribution in [2.45, 2.75) is 6.92 Å². The number of imide groups is 1. The zero-order valence-corrected chi connectivity index (χ0v) is 12.3. The summed E-state index contributed by atoms with van der Waals surface area (Å²) in [6, 6.07) is -0.736. The number of rotatable bonds is 3. The van der Waals surface area contributed by atoms with Gasteiger partial charge in [-0.3, -0.25) is 19.8 Å². The molecule has 112 valence electrons. The maximum Gasteiger partial charge on any atom is 0.351 e. The Morgan fingerprint density at radius 1 is 1.36 bits per heavy atom. The second-order valence-corrected chi connectivity index (χ2v) is 5.82. The molecule has 0 saturated carbocycles. The lowest BCUT2D eigenvalue weighted by atomic mass is 9.95. The van der Waals surface area contributed by atoms with E-state index in [1.807, 2.05) is 0 Å². The van der Waals surface area contributed by atoms with Gasteiger partial charge in [0.2, 0.25) is 16.9 Å². The van der Waals surface area contributed by atoms with Crippen LogP contribution in [0.1, 0.15) is 5.01 Å². The van der Waals surface area contributed by atoms with Crippen LogP contribution in [0, 0.1) is 12.8 Å². The molecule has 9 heteroatoms. The number of aliphatic imine (C=N–C) groups is 1. The molecular formula is C13H11N5O3S. The van der Waals surface area contributed by atoms with Gasteiger partial charge in [0.05, 0.1) is 11.6 Å². The topological polar surface area (TPSA) is 105 Å². The standard InChI is InChI=1S/C13H11N5O3S/c1-7-16-17-12(22-7)15-10(19)6-18-11(20)8-4-2-3-5-9(8)14-13(18)21/h2-5,8H,6H2,1H3,(H,15,17,19). The van der Waals surface area contributed by atoms with Gasteiger partial charge in [0, 0.05) is 0 Å². The van der Waals surface area contributed by atoms with Crippen molar-refractivity contribution >= 4 is 40.0 Å². The number of hydrogen-bond acceptors (Lipinski definition) is 6. The van der Waals surface area contributed by atoms with Crippen LogP contribution in [-0.2, 0) is 9.59 Å². The number of hydrogen-bond donors (Lipinski definition) is 1. The lowest BCUT2D eigenvalue weighted by molar-refractivity contribution is -0.132. The Hall–Kier alpha value is -2.68. The molecule has 0 aromatic carbocycles. The van der Waals surface area contributed by atoms with Gasteiger partial charge in [-0.15, -0.1) is 10.2 Å². The molecule has 1 aliphatic heterocycles. The Morgan fingerprint density at radius 3 is 2.91 bits per heavy atom. The van der Waals surface area contributed by atoms with Crippen LogP contribution in [0.4, 0.5) is 9.93 Å². The number of anilines is 1. The number of nitrogens with zero attached hydrogens (tertiary/aromatic N) is 4. The zero-order valence-electron chi connectivity index (χ0n) is 11.5. The first-order chi connectivity index (χ1) is 10.5. The van der Waals surface area contributed by atoms with Crippen LogP contribution in [-0.4, -0.2) is 45.2 Å². The van der Waals surface area contributed by atoms with Gasteiger partial charge in [0.25, 0.3) is 0 Å². The molecule has 22 heavy (non-hydrogen) atoms.